The molecule has 0 aromatic heterocycles. The summed E-state index contributed by atoms with van der Waals surface area (Å²) < 4.78 is 4.82. The van der Waals surface area contributed by atoms with Crippen LogP contribution in [0.5, 0.6) is 0 Å². The molecule has 0 N–H and O–H groups in total. The van der Waals surface area contributed by atoms with Gasteiger partial charge in [-0.15, -0.1) is 0 Å². The SMILES string of the molecule is CC(C)(C)c1ccc2c(c1)-c1cc(C(C)(C)C)ccc1[CH]2[Zr+2]1([C]2=CC=CC2)[CH]2CCCC[CH]21.[Cl-].[Cl-]. The first kappa shape index (κ1) is 27.4. The maximum Gasteiger partial charge on any atom is -1.00 e. The Morgan fingerprint density at radius 3 is 1.60 bits per heavy atom. The molecular weight excluding hydrogens is 546 g/mol. The van der Waals surface area contributed by atoms with E-state index >= 15 is 0 Å². The molecule has 2 aromatic carbocycles. The Morgan fingerprint density at radius 1 is 0.714 bits per heavy atom. The maximum atomic E-state index is 2.58. The first-order chi connectivity index (χ1) is 15.6. The molecule has 3 aliphatic carbocycles. The van der Waals surface area contributed by atoms with E-state index in [2.05, 4.69) is 96.2 Å². The molecule has 1 saturated heterocycles. The zero-order valence-corrected chi connectivity index (χ0v) is 26.2. The van der Waals surface area contributed by atoms with Crippen molar-refractivity contribution in [1.29, 1.82) is 0 Å². The predicted molar refractivity (Wildman–Crippen MR) is 139 cm³/mol. The number of fused-ring (bicyclic) bond motifs is 4. The van der Waals surface area contributed by atoms with Crippen molar-refractivity contribution in [2.75, 3.05) is 0 Å². The quantitative estimate of drug-likeness (QED) is 0.506. The first-order valence-electron chi connectivity index (χ1n) is 13.3. The standard InChI is InChI=1S/C21H25.C6H10.C5H5.2ClH.Zr/c1-20(2,3)16-9-7-14-11-15-8-10-17(21(4,5)6)13-19(15)18(14)12-16;1-2-4-6-5-3-1;1-2-4-5-3-1;;;/h7-13H,1-6H3;1-2H,3-6H2;1-3H,4H2;2*1H;/q;;;;;+2/p-2. The van der Waals surface area contributed by atoms with Gasteiger partial charge in [0.15, 0.2) is 0 Å². The summed E-state index contributed by atoms with van der Waals surface area (Å²) in [7, 11) is 0. The van der Waals surface area contributed by atoms with Crippen LogP contribution in [-0.4, -0.2) is 0 Å². The van der Waals surface area contributed by atoms with Crippen molar-refractivity contribution in [3.05, 3.63) is 80.2 Å². The Morgan fingerprint density at radius 2 is 1.20 bits per heavy atom. The van der Waals surface area contributed by atoms with Gasteiger partial charge in [0.25, 0.3) is 0 Å². The van der Waals surface area contributed by atoms with Crippen molar-refractivity contribution in [3.63, 3.8) is 0 Å². The zero-order chi connectivity index (χ0) is 23.2. The summed E-state index contributed by atoms with van der Waals surface area (Å²) in [5.41, 5.74) is 9.85. The van der Waals surface area contributed by atoms with E-state index in [0.717, 1.165) is 10.9 Å². The third-order valence-corrected chi connectivity index (χ3v) is 25.4. The van der Waals surface area contributed by atoms with E-state index < -0.39 is 20.3 Å². The van der Waals surface area contributed by atoms with Crippen LogP contribution in [0.15, 0.2) is 57.9 Å². The average molecular weight is 587 g/mol. The second kappa shape index (κ2) is 9.29. The molecule has 0 radical (unpaired) electrons. The third-order valence-electron chi connectivity index (χ3n) is 9.44. The smallest absolute Gasteiger partial charge is 1.00 e. The molecule has 1 aliphatic heterocycles. The van der Waals surface area contributed by atoms with Crippen LogP contribution >= 0.6 is 0 Å². The van der Waals surface area contributed by atoms with Gasteiger partial charge >= 0.3 is 207 Å². The molecule has 2 aromatic rings. The fourth-order valence-corrected chi connectivity index (χ4v) is 28.5. The molecule has 2 fully saturated rings. The van der Waals surface area contributed by atoms with Gasteiger partial charge in [-0.25, -0.2) is 0 Å². The summed E-state index contributed by atoms with van der Waals surface area (Å²) in [6.07, 6.45) is 14.6. The molecular formula is C32H40Cl2Zr. The number of rotatable bonds is 2. The predicted octanol–water partition coefficient (Wildman–Crippen LogP) is 3.52. The van der Waals surface area contributed by atoms with Crippen LogP contribution < -0.4 is 24.8 Å². The Bertz CT molecular complexity index is 1120. The minimum atomic E-state index is -2.61. The number of allylic oxidation sites excluding steroid dienone is 4. The molecule has 0 amide bonds. The van der Waals surface area contributed by atoms with Crippen LogP contribution in [0.4, 0.5) is 0 Å². The van der Waals surface area contributed by atoms with Gasteiger partial charge in [-0.1, -0.05) is 0 Å². The first-order valence-corrected chi connectivity index (χ1v) is 18.8. The minimum absolute atomic E-state index is 0. The van der Waals surface area contributed by atoms with Gasteiger partial charge in [-0.05, 0) is 0 Å². The summed E-state index contributed by atoms with van der Waals surface area (Å²) in [5, 5.41) is 0. The van der Waals surface area contributed by atoms with Crippen LogP contribution in [0.25, 0.3) is 11.1 Å². The van der Waals surface area contributed by atoms with Crippen molar-refractivity contribution in [2.45, 2.75) is 95.4 Å². The van der Waals surface area contributed by atoms with Crippen LogP contribution in [0.3, 0.4) is 0 Å². The molecule has 1 saturated carbocycles. The largest absolute Gasteiger partial charge is 1.00 e. The Balaban J connectivity index is 0.00000144. The monoisotopic (exact) mass is 584 g/mol. The van der Waals surface area contributed by atoms with Crippen molar-refractivity contribution in [2.24, 2.45) is 0 Å². The number of hydrogen-bond acceptors (Lipinski definition) is 0. The van der Waals surface area contributed by atoms with Crippen molar-refractivity contribution in [3.8, 4) is 11.1 Å². The second-order valence-corrected chi connectivity index (χ2v) is 24.5. The van der Waals surface area contributed by atoms with Gasteiger partial charge in [-0.2, -0.15) is 0 Å². The molecule has 2 unspecified atom stereocenters. The van der Waals surface area contributed by atoms with Gasteiger partial charge < -0.3 is 24.8 Å². The van der Waals surface area contributed by atoms with Crippen LogP contribution in [0.1, 0.15) is 99.5 Å². The van der Waals surface area contributed by atoms with Gasteiger partial charge in [0.05, 0.1) is 0 Å². The maximum absolute atomic E-state index is 2.61. The Labute approximate surface area is 230 Å². The number of hydrogen-bond donors (Lipinski definition) is 0. The van der Waals surface area contributed by atoms with E-state index in [0.29, 0.717) is 0 Å². The molecule has 35 heavy (non-hydrogen) atoms. The molecule has 3 heteroatoms. The number of benzene rings is 2. The normalized spacial score (nSPS) is 24.9. The van der Waals surface area contributed by atoms with Crippen LogP contribution in [0.2, 0.25) is 7.25 Å². The minimum Gasteiger partial charge on any atom is -1.00 e. The summed E-state index contributed by atoms with van der Waals surface area (Å²) in [6, 6.07) is 15.2. The van der Waals surface area contributed by atoms with E-state index in [1.807, 2.05) is 3.28 Å². The van der Waals surface area contributed by atoms with Gasteiger partial charge in [0.1, 0.15) is 0 Å². The fraction of sp³-hybridized carbons (Fsp3) is 0.500. The zero-order valence-electron chi connectivity index (χ0n) is 22.2. The molecule has 0 spiro atoms. The molecule has 0 bridgehead atoms. The summed E-state index contributed by atoms with van der Waals surface area (Å²) in [4.78, 5) is 0. The molecule has 1 heterocycles. The molecule has 2 atom stereocenters. The summed E-state index contributed by atoms with van der Waals surface area (Å²) in [6.45, 7) is 14.2. The van der Waals surface area contributed by atoms with Gasteiger partial charge in [0.2, 0.25) is 0 Å². The van der Waals surface area contributed by atoms with E-state index in [1.54, 1.807) is 22.3 Å². The van der Waals surface area contributed by atoms with Crippen LogP contribution in [-0.2, 0) is 31.1 Å². The fourth-order valence-electron chi connectivity index (χ4n) is 7.73. The van der Waals surface area contributed by atoms with Gasteiger partial charge in [-0.3, -0.25) is 0 Å². The van der Waals surface area contributed by atoms with E-state index in [1.165, 1.54) is 43.2 Å². The van der Waals surface area contributed by atoms with Gasteiger partial charge in [0, 0.05) is 0 Å². The van der Waals surface area contributed by atoms with Crippen molar-refractivity contribution >= 4 is 0 Å². The topological polar surface area (TPSA) is 0 Å². The third kappa shape index (κ3) is 4.12. The molecule has 4 aliphatic rings. The Hall–Kier alpha value is -0.617. The van der Waals surface area contributed by atoms with E-state index in [4.69, 9.17) is 0 Å². The van der Waals surface area contributed by atoms with Crippen LogP contribution in [0, 0.1) is 0 Å². The molecule has 0 nitrogen and oxygen atoms in total. The molecule has 6 rings (SSSR count). The van der Waals surface area contributed by atoms with E-state index in [9.17, 15) is 0 Å². The van der Waals surface area contributed by atoms with E-state index in [-0.39, 0.29) is 35.6 Å². The van der Waals surface area contributed by atoms with Crippen molar-refractivity contribution < 1.29 is 45.1 Å². The molecule has 186 valence electrons. The average Bonchev–Trinajstić information content (AvgIpc) is 3.08. The number of halogens is 2. The van der Waals surface area contributed by atoms with Crippen molar-refractivity contribution in [1.82, 2.24) is 0 Å². The second-order valence-electron chi connectivity index (χ2n) is 13.3. The Kier molecular flexibility index (Phi) is 7.28. The summed E-state index contributed by atoms with van der Waals surface area (Å²) in [5.74, 6) is 0. The summed E-state index contributed by atoms with van der Waals surface area (Å²) >= 11 is -2.61.